The molecule has 4 atom stereocenters. The minimum Gasteiger partial charge on any atom is -1.00 e. The number of nitrogens with one attached hydrogen (secondary N) is 1. The second-order valence-electron chi connectivity index (χ2n) is 15.6. The molecule has 6 aromatic carbocycles. The summed E-state index contributed by atoms with van der Waals surface area (Å²) in [5.41, 5.74) is 10.2. The van der Waals surface area contributed by atoms with Crippen molar-refractivity contribution in [1.82, 2.24) is 4.48 Å². The summed E-state index contributed by atoms with van der Waals surface area (Å²) >= 11 is 3.76. The summed E-state index contributed by atoms with van der Waals surface area (Å²) < 4.78 is 13.6. The van der Waals surface area contributed by atoms with Gasteiger partial charge in [-0.15, -0.1) is 27.2 Å². The van der Waals surface area contributed by atoms with Crippen molar-refractivity contribution in [3.05, 3.63) is 145 Å². The Morgan fingerprint density at radius 2 is 1.15 bits per heavy atom. The number of halogens is 1. The fraction of sp³-hybridized carbons (Fsp3) is 0.111. The number of hydrogen-bond acceptors (Lipinski definition) is 5. The third-order valence-electron chi connectivity index (χ3n) is 12.6. The predicted octanol–water partition coefficient (Wildman–Crippen LogP) is 6.99. The molecule has 0 saturated carbocycles. The van der Waals surface area contributed by atoms with Crippen molar-refractivity contribution in [2.45, 2.75) is 12.6 Å². The number of thiophene rings is 2. The molecule has 262 valence electrons. The van der Waals surface area contributed by atoms with E-state index in [1.807, 2.05) is 22.7 Å². The van der Waals surface area contributed by atoms with Gasteiger partial charge in [-0.2, -0.15) is 0 Å². The van der Waals surface area contributed by atoms with Gasteiger partial charge in [0.05, 0.1) is 33.5 Å². The summed E-state index contributed by atoms with van der Waals surface area (Å²) in [6.45, 7) is 0. The Morgan fingerprint density at radius 1 is 0.593 bits per heavy atom. The molecule has 13 rings (SSSR count). The molecule has 7 heterocycles. The van der Waals surface area contributed by atoms with Crippen LogP contribution in [0.1, 0.15) is 11.1 Å². The van der Waals surface area contributed by atoms with Crippen LogP contribution in [0.2, 0.25) is 0 Å². The molecule has 1 N–H and O–H groups in total. The van der Waals surface area contributed by atoms with Crippen molar-refractivity contribution in [2.75, 3.05) is 30.9 Å². The molecule has 0 radical (unpaired) electrons. The standard InChI is InChI=1S/C45H33N5OS2.HI/c1-46-34(26-18-20-40-30(22-26)28-10-4-6-16-38(28)52-40)24-47-32-12-8-14-36-42(32)50(44(46)47)43-33(13-9-15-37(43)51-36)48-25-35(49(2,3)45(48)50)27-19-21-41-31(23-27)29-11-5-7-17-39(29)53-41;/h4-25,44-45H,1-3H3;1H/q+2;. The van der Waals surface area contributed by atoms with Crippen molar-refractivity contribution in [3.8, 4) is 11.5 Å². The first kappa shape index (κ1) is 31.6. The van der Waals surface area contributed by atoms with Gasteiger partial charge in [-0.25, -0.2) is 19.2 Å². The molecule has 5 aliphatic rings. The van der Waals surface area contributed by atoms with Gasteiger partial charge in [0.2, 0.25) is 11.4 Å². The van der Waals surface area contributed by atoms with Gasteiger partial charge in [0.15, 0.2) is 22.9 Å². The Hall–Kier alpha value is -4.75. The average molecular weight is 852 g/mol. The number of para-hydroxylation sites is 2. The summed E-state index contributed by atoms with van der Waals surface area (Å²) in [7, 11) is 7.21. The minimum absolute atomic E-state index is 0. The zero-order valence-electron chi connectivity index (χ0n) is 29.7. The molecule has 1 spiro atoms. The number of ether oxygens (including phenoxy) is 1. The van der Waals surface area contributed by atoms with Crippen molar-refractivity contribution >= 4 is 97.2 Å². The predicted molar refractivity (Wildman–Crippen MR) is 221 cm³/mol. The van der Waals surface area contributed by atoms with Gasteiger partial charge in [-0.1, -0.05) is 48.5 Å². The molecule has 54 heavy (non-hydrogen) atoms. The van der Waals surface area contributed by atoms with Crippen molar-refractivity contribution in [2.24, 2.45) is 0 Å². The third kappa shape index (κ3) is 3.61. The van der Waals surface area contributed by atoms with E-state index in [1.165, 1.54) is 90.5 Å². The number of hydrogen-bond donors (Lipinski definition) is 1. The third-order valence-corrected chi connectivity index (χ3v) is 14.9. The number of benzene rings is 6. The minimum atomic E-state index is 0. The molecule has 0 amide bonds. The van der Waals surface area contributed by atoms with Crippen LogP contribution in [0.25, 0.3) is 51.7 Å². The maximum atomic E-state index is 6.85. The maximum Gasteiger partial charge on any atom is 0.324 e. The van der Waals surface area contributed by atoms with E-state index < -0.39 is 0 Å². The molecule has 0 aliphatic carbocycles. The van der Waals surface area contributed by atoms with Crippen molar-refractivity contribution in [1.29, 1.82) is 0 Å². The number of fused-ring (bicyclic) bond motifs is 10. The van der Waals surface area contributed by atoms with Gasteiger partial charge in [0, 0.05) is 51.5 Å². The van der Waals surface area contributed by atoms with E-state index in [0.29, 0.717) is 8.97 Å². The molecule has 0 fully saturated rings. The van der Waals surface area contributed by atoms with Gasteiger partial charge in [-0.05, 0) is 72.8 Å². The largest absolute Gasteiger partial charge is 1.00 e. The zero-order chi connectivity index (χ0) is 35.0. The number of nitrogens with zero attached hydrogens (tertiary/aromatic N) is 4. The lowest BCUT2D eigenvalue weighted by atomic mass is 10.0. The Balaban J connectivity index is 0.00000325. The van der Waals surface area contributed by atoms with Crippen LogP contribution in [0, 0.1) is 0 Å². The van der Waals surface area contributed by atoms with Crippen LogP contribution in [0.15, 0.2) is 134 Å². The highest BCUT2D eigenvalue weighted by Crippen LogP contribution is 2.70. The second kappa shape index (κ2) is 10.5. The zero-order valence-corrected chi connectivity index (χ0v) is 33.5. The fourth-order valence-corrected chi connectivity index (χ4v) is 12.8. The van der Waals surface area contributed by atoms with Crippen molar-refractivity contribution in [3.63, 3.8) is 0 Å². The molecular weight excluding hydrogens is 818 g/mol. The van der Waals surface area contributed by atoms with E-state index in [1.54, 1.807) is 0 Å². The monoisotopic (exact) mass is 851 g/mol. The van der Waals surface area contributed by atoms with E-state index in [-0.39, 0.29) is 36.6 Å². The van der Waals surface area contributed by atoms with Crippen LogP contribution >= 0.6 is 22.7 Å². The topological polar surface area (TPSA) is 20.2 Å². The summed E-state index contributed by atoms with van der Waals surface area (Å²) in [4.78, 5) is 6.53. The number of anilines is 2. The first-order valence-electron chi connectivity index (χ1n) is 18.3. The molecule has 6 nitrogen and oxygen atoms in total. The SMILES string of the molecule is C[NH+]1C(c2ccc3sc4ccccc4c3c2)=CN2c3cccc4c3[N+]3(c5c(cccc5N5C=C(c6ccc7sc8ccccc8c7c6)[N+](C)(C)C53)O4)C21.[I-]. The van der Waals surface area contributed by atoms with E-state index in [4.69, 9.17) is 4.74 Å². The van der Waals surface area contributed by atoms with Crippen LogP contribution in [0.3, 0.4) is 0 Å². The molecule has 0 saturated heterocycles. The van der Waals surface area contributed by atoms with E-state index >= 15 is 0 Å². The van der Waals surface area contributed by atoms with Crippen LogP contribution in [0.5, 0.6) is 11.5 Å². The van der Waals surface area contributed by atoms with Crippen LogP contribution in [-0.4, -0.2) is 38.2 Å². The van der Waals surface area contributed by atoms with Crippen LogP contribution < -0.4 is 47.9 Å². The van der Waals surface area contributed by atoms with Gasteiger partial charge in [-0.3, -0.25) is 0 Å². The van der Waals surface area contributed by atoms with E-state index in [9.17, 15) is 0 Å². The molecule has 9 heteroatoms. The van der Waals surface area contributed by atoms with Gasteiger partial charge in [0.1, 0.15) is 11.4 Å². The van der Waals surface area contributed by atoms with Crippen LogP contribution in [-0.2, 0) is 0 Å². The van der Waals surface area contributed by atoms with Gasteiger partial charge < -0.3 is 28.7 Å². The maximum absolute atomic E-state index is 6.85. The normalized spacial score (nSPS) is 23.6. The lowest BCUT2D eigenvalue weighted by Gasteiger charge is -2.45. The molecular formula is C45H34IN5OS2+2. The Kier molecular flexibility index (Phi) is 6.15. The van der Waals surface area contributed by atoms with Crippen molar-refractivity contribution < 1.29 is 38.1 Å². The first-order valence-corrected chi connectivity index (χ1v) is 19.9. The molecule has 5 aliphatic heterocycles. The summed E-state index contributed by atoms with van der Waals surface area (Å²) in [6.07, 6.45) is 4.92. The molecule has 2 aromatic heterocycles. The van der Waals surface area contributed by atoms with Gasteiger partial charge in [0.25, 0.3) is 0 Å². The first-order chi connectivity index (χ1) is 25.9. The Bertz CT molecular complexity index is 3030. The quantitative estimate of drug-likeness (QED) is 0.150. The van der Waals surface area contributed by atoms with E-state index in [0.717, 1.165) is 11.5 Å². The summed E-state index contributed by atoms with van der Waals surface area (Å²) in [5, 5.41) is 5.34. The molecule has 0 bridgehead atoms. The lowest BCUT2D eigenvalue weighted by molar-refractivity contribution is -0.876. The highest BCUT2D eigenvalue weighted by atomic mass is 127. The lowest BCUT2D eigenvalue weighted by Crippen LogP contribution is -3.14. The fourth-order valence-electron chi connectivity index (χ4n) is 10.7. The smallest absolute Gasteiger partial charge is 0.324 e. The van der Waals surface area contributed by atoms with Gasteiger partial charge >= 0.3 is 12.6 Å². The molecule has 4 unspecified atom stereocenters. The number of rotatable bonds is 2. The summed E-state index contributed by atoms with van der Waals surface area (Å²) in [6, 6.07) is 45.1. The highest BCUT2D eigenvalue weighted by molar-refractivity contribution is 7.26. The van der Waals surface area contributed by atoms with Crippen LogP contribution in [0.4, 0.5) is 22.7 Å². The summed E-state index contributed by atoms with van der Waals surface area (Å²) in [5.74, 6) is 1.91. The average Bonchev–Trinajstić information content (AvgIpc) is 3.99. The highest BCUT2D eigenvalue weighted by Gasteiger charge is 2.78. The Morgan fingerprint density at radius 3 is 1.80 bits per heavy atom. The number of quaternary nitrogens is 3. The Labute approximate surface area is 337 Å². The second-order valence-corrected chi connectivity index (χ2v) is 17.7. The van der Waals surface area contributed by atoms with E-state index in [2.05, 4.69) is 165 Å². The molecule has 8 aromatic rings.